The maximum absolute atomic E-state index is 6.09. The zero-order valence-corrected chi connectivity index (χ0v) is 13.0. The van der Waals surface area contributed by atoms with E-state index in [2.05, 4.69) is 45.0 Å². The second kappa shape index (κ2) is 7.46. The molecule has 0 amide bonds. The van der Waals surface area contributed by atoms with Crippen LogP contribution in [0.2, 0.25) is 0 Å². The van der Waals surface area contributed by atoms with Crippen molar-refractivity contribution in [2.75, 3.05) is 33.2 Å². The van der Waals surface area contributed by atoms with Crippen LogP contribution in [0.25, 0.3) is 0 Å². The predicted octanol–water partition coefficient (Wildman–Crippen LogP) is 2.51. The topological polar surface area (TPSA) is 24.5 Å². The Morgan fingerprint density at radius 3 is 2.50 bits per heavy atom. The minimum atomic E-state index is 0.370. The predicted molar refractivity (Wildman–Crippen MR) is 78.0 cm³/mol. The average molecular weight is 256 g/mol. The van der Waals surface area contributed by atoms with Crippen molar-refractivity contribution >= 4 is 0 Å². The third-order valence-electron chi connectivity index (χ3n) is 3.25. The highest BCUT2D eigenvalue weighted by Crippen LogP contribution is 2.21. The molecule has 0 aromatic carbocycles. The van der Waals surface area contributed by atoms with Crippen molar-refractivity contribution in [3.8, 4) is 0 Å². The van der Waals surface area contributed by atoms with E-state index in [1.165, 1.54) is 19.3 Å². The van der Waals surface area contributed by atoms with Crippen molar-refractivity contribution in [3.05, 3.63) is 0 Å². The normalized spacial score (nSPS) is 25.0. The molecule has 1 heterocycles. The molecule has 108 valence electrons. The van der Waals surface area contributed by atoms with E-state index in [1.54, 1.807) is 0 Å². The van der Waals surface area contributed by atoms with Gasteiger partial charge in [0.15, 0.2) is 0 Å². The lowest BCUT2D eigenvalue weighted by atomic mass is 9.96. The Kier molecular flexibility index (Phi) is 6.61. The molecule has 0 aromatic rings. The maximum atomic E-state index is 6.09. The van der Waals surface area contributed by atoms with Crippen LogP contribution in [0.1, 0.15) is 47.0 Å². The molecule has 0 saturated carbocycles. The van der Waals surface area contributed by atoms with Gasteiger partial charge in [0.2, 0.25) is 0 Å². The van der Waals surface area contributed by atoms with Crippen molar-refractivity contribution in [1.82, 2.24) is 10.2 Å². The maximum Gasteiger partial charge on any atom is 0.0707 e. The zero-order chi connectivity index (χ0) is 13.6. The standard InChI is InChI=1S/C15H32N2O/c1-6-9-16-10-13-7-8-14(18-13)11-17(5)12-15(2,3)4/h13-14,16H,6-12H2,1-5H3. The molecule has 1 fully saturated rings. The zero-order valence-electron chi connectivity index (χ0n) is 13.0. The molecule has 1 saturated heterocycles. The minimum absolute atomic E-state index is 0.370. The molecule has 3 nitrogen and oxygen atoms in total. The van der Waals surface area contributed by atoms with Gasteiger partial charge in [-0.25, -0.2) is 0 Å². The lowest BCUT2D eigenvalue weighted by molar-refractivity contribution is 0.0233. The molecule has 2 atom stereocenters. The van der Waals surface area contributed by atoms with E-state index in [-0.39, 0.29) is 0 Å². The first-order valence-corrected chi connectivity index (χ1v) is 7.45. The molecule has 0 aliphatic carbocycles. The van der Waals surface area contributed by atoms with Gasteiger partial charge < -0.3 is 15.0 Å². The third kappa shape index (κ3) is 6.72. The van der Waals surface area contributed by atoms with Gasteiger partial charge in [0, 0.05) is 19.6 Å². The van der Waals surface area contributed by atoms with Crippen molar-refractivity contribution in [2.45, 2.75) is 59.2 Å². The first-order chi connectivity index (χ1) is 8.40. The molecular formula is C15H32N2O. The van der Waals surface area contributed by atoms with E-state index in [1.807, 2.05) is 0 Å². The summed E-state index contributed by atoms with van der Waals surface area (Å²) >= 11 is 0. The first-order valence-electron chi connectivity index (χ1n) is 7.45. The summed E-state index contributed by atoms with van der Waals surface area (Å²) in [6.45, 7) is 13.4. The minimum Gasteiger partial charge on any atom is -0.372 e. The van der Waals surface area contributed by atoms with Crippen molar-refractivity contribution in [2.24, 2.45) is 5.41 Å². The van der Waals surface area contributed by atoms with Crippen LogP contribution in [0.3, 0.4) is 0 Å². The Morgan fingerprint density at radius 2 is 1.89 bits per heavy atom. The largest absolute Gasteiger partial charge is 0.372 e. The summed E-state index contributed by atoms with van der Waals surface area (Å²) in [6.07, 6.45) is 4.50. The van der Waals surface area contributed by atoms with Crippen LogP contribution >= 0.6 is 0 Å². The fourth-order valence-corrected chi connectivity index (χ4v) is 2.73. The van der Waals surface area contributed by atoms with Gasteiger partial charge in [-0.05, 0) is 38.3 Å². The van der Waals surface area contributed by atoms with Crippen LogP contribution < -0.4 is 5.32 Å². The lowest BCUT2D eigenvalue weighted by Crippen LogP contribution is -2.36. The van der Waals surface area contributed by atoms with E-state index < -0.39 is 0 Å². The molecule has 0 aromatic heterocycles. The summed E-state index contributed by atoms with van der Waals surface area (Å²) in [5.74, 6) is 0. The summed E-state index contributed by atoms with van der Waals surface area (Å²) in [5, 5.41) is 3.45. The summed E-state index contributed by atoms with van der Waals surface area (Å²) < 4.78 is 6.09. The Bertz CT molecular complexity index is 225. The molecule has 1 N–H and O–H groups in total. The van der Waals surface area contributed by atoms with Crippen LogP contribution in [0.15, 0.2) is 0 Å². The Balaban J connectivity index is 2.17. The number of rotatable bonds is 7. The number of hydrogen-bond acceptors (Lipinski definition) is 3. The van der Waals surface area contributed by atoms with Gasteiger partial charge in [0.25, 0.3) is 0 Å². The molecule has 0 spiro atoms. The van der Waals surface area contributed by atoms with Crippen LogP contribution in [0.5, 0.6) is 0 Å². The molecule has 1 aliphatic heterocycles. The van der Waals surface area contributed by atoms with Crippen molar-refractivity contribution < 1.29 is 4.74 Å². The van der Waals surface area contributed by atoms with E-state index in [0.717, 1.165) is 26.2 Å². The van der Waals surface area contributed by atoms with E-state index in [4.69, 9.17) is 4.74 Å². The molecular weight excluding hydrogens is 224 g/mol. The summed E-state index contributed by atoms with van der Waals surface area (Å²) in [7, 11) is 2.21. The molecule has 18 heavy (non-hydrogen) atoms. The molecule has 2 unspecified atom stereocenters. The average Bonchev–Trinajstić information content (AvgIpc) is 2.63. The number of nitrogens with zero attached hydrogens (tertiary/aromatic N) is 1. The van der Waals surface area contributed by atoms with E-state index in [9.17, 15) is 0 Å². The van der Waals surface area contributed by atoms with Crippen LogP contribution in [0, 0.1) is 5.41 Å². The SMILES string of the molecule is CCCNCC1CCC(CN(C)CC(C)(C)C)O1. The van der Waals surface area contributed by atoms with Crippen molar-refractivity contribution in [1.29, 1.82) is 0 Å². The molecule has 1 aliphatic rings. The fraction of sp³-hybridized carbons (Fsp3) is 1.00. The van der Waals surface area contributed by atoms with Gasteiger partial charge in [0.1, 0.15) is 0 Å². The molecule has 1 rings (SSSR count). The van der Waals surface area contributed by atoms with Crippen LogP contribution in [0.4, 0.5) is 0 Å². The smallest absolute Gasteiger partial charge is 0.0707 e. The highest BCUT2D eigenvalue weighted by Gasteiger charge is 2.26. The second-order valence-electron chi connectivity index (χ2n) is 6.92. The van der Waals surface area contributed by atoms with Gasteiger partial charge in [-0.15, -0.1) is 0 Å². The summed E-state index contributed by atoms with van der Waals surface area (Å²) in [4.78, 5) is 2.41. The lowest BCUT2D eigenvalue weighted by Gasteiger charge is -2.28. The Morgan fingerprint density at radius 1 is 1.22 bits per heavy atom. The highest BCUT2D eigenvalue weighted by molar-refractivity contribution is 4.78. The number of likely N-dealkylation sites (N-methyl/N-ethyl adjacent to an activating group) is 1. The van der Waals surface area contributed by atoms with E-state index in [0.29, 0.717) is 17.6 Å². The third-order valence-corrected chi connectivity index (χ3v) is 3.25. The molecule has 0 bridgehead atoms. The van der Waals surface area contributed by atoms with Crippen molar-refractivity contribution in [3.63, 3.8) is 0 Å². The fourth-order valence-electron chi connectivity index (χ4n) is 2.73. The van der Waals surface area contributed by atoms with E-state index >= 15 is 0 Å². The van der Waals surface area contributed by atoms with Gasteiger partial charge in [-0.3, -0.25) is 0 Å². The first kappa shape index (κ1) is 15.9. The second-order valence-corrected chi connectivity index (χ2v) is 6.92. The van der Waals surface area contributed by atoms with Gasteiger partial charge in [0.05, 0.1) is 12.2 Å². The quantitative estimate of drug-likeness (QED) is 0.708. The molecule has 0 radical (unpaired) electrons. The number of ether oxygens (including phenoxy) is 1. The molecule has 3 heteroatoms. The number of hydrogen-bond donors (Lipinski definition) is 1. The Hall–Kier alpha value is -0.120. The van der Waals surface area contributed by atoms with Gasteiger partial charge in [-0.1, -0.05) is 27.7 Å². The van der Waals surface area contributed by atoms with Crippen LogP contribution in [-0.4, -0.2) is 50.3 Å². The summed E-state index contributed by atoms with van der Waals surface area (Å²) in [6, 6.07) is 0. The van der Waals surface area contributed by atoms with Gasteiger partial charge >= 0.3 is 0 Å². The number of nitrogens with one attached hydrogen (secondary N) is 1. The van der Waals surface area contributed by atoms with Gasteiger partial charge in [-0.2, -0.15) is 0 Å². The highest BCUT2D eigenvalue weighted by atomic mass is 16.5. The monoisotopic (exact) mass is 256 g/mol. The summed E-state index contributed by atoms with van der Waals surface area (Å²) in [5.41, 5.74) is 0.370. The van der Waals surface area contributed by atoms with Crippen LogP contribution in [-0.2, 0) is 4.74 Å². The Labute approximate surface area is 113 Å².